The predicted molar refractivity (Wildman–Crippen MR) is 33.4 cm³/mol. The lowest BCUT2D eigenvalue weighted by Gasteiger charge is -2.15. The van der Waals surface area contributed by atoms with E-state index in [1.165, 1.54) is 0 Å². The molecule has 0 aliphatic carbocycles. The van der Waals surface area contributed by atoms with Crippen molar-refractivity contribution >= 4 is 11.9 Å². The number of carboxylic acids is 2. The summed E-state index contributed by atoms with van der Waals surface area (Å²) >= 11 is 0. The topological polar surface area (TPSA) is 74.6 Å². The lowest BCUT2D eigenvalue weighted by molar-refractivity contribution is -0.162. The van der Waals surface area contributed by atoms with Gasteiger partial charge in [0.15, 0.2) is 5.41 Å². The van der Waals surface area contributed by atoms with E-state index in [9.17, 15) is 9.59 Å². The molecule has 0 spiro atoms. The molecule has 0 unspecified atom stereocenters. The van der Waals surface area contributed by atoms with E-state index in [4.69, 9.17) is 10.2 Å². The molecular weight excluding hydrogens is 136 g/mol. The van der Waals surface area contributed by atoms with Crippen LogP contribution in [0.2, 0.25) is 0 Å². The van der Waals surface area contributed by atoms with Crippen LogP contribution in [0.5, 0.6) is 0 Å². The maximum absolute atomic E-state index is 10.3. The standard InChI is InChI=1S/C6H9O4/c1-3-6(2,4(7)8)5(9)10/h1,3H2,2H3,(H,7,8)(H,9,10). The van der Waals surface area contributed by atoms with E-state index in [-0.39, 0.29) is 6.42 Å². The molecule has 0 fully saturated rings. The second-order valence-electron chi connectivity index (χ2n) is 2.19. The van der Waals surface area contributed by atoms with Crippen LogP contribution < -0.4 is 0 Å². The average molecular weight is 145 g/mol. The van der Waals surface area contributed by atoms with Gasteiger partial charge < -0.3 is 10.2 Å². The summed E-state index contributed by atoms with van der Waals surface area (Å²) in [5.41, 5.74) is -1.74. The van der Waals surface area contributed by atoms with Crippen molar-refractivity contribution in [2.24, 2.45) is 5.41 Å². The van der Waals surface area contributed by atoms with E-state index < -0.39 is 17.4 Å². The smallest absolute Gasteiger partial charge is 0.320 e. The van der Waals surface area contributed by atoms with E-state index >= 15 is 0 Å². The summed E-state index contributed by atoms with van der Waals surface area (Å²) < 4.78 is 0. The predicted octanol–water partition coefficient (Wildman–Crippen LogP) is 0.386. The Labute approximate surface area is 58.5 Å². The molecule has 10 heavy (non-hydrogen) atoms. The van der Waals surface area contributed by atoms with Gasteiger partial charge >= 0.3 is 11.9 Å². The van der Waals surface area contributed by atoms with Gasteiger partial charge in [-0.05, 0) is 13.3 Å². The van der Waals surface area contributed by atoms with Gasteiger partial charge in [-0.2, -0.15) is 0 Å². The summed E-state index contributed by atoms with van der Waals surface area (Å²) in [6.07, 6.45) is -0.155. The van der Waals surface area contributed by atoms with E-state index in [1.54, 1.807) is 0 Å². The zero-order chi connectivity index (χ0) is 8.36. The number of carboxylic acid groups (broad SMARTS) is 2. The van der Waals surface area contributed by atoms with E-state index in [1.807, 2.05) is 0 Å². The normalized spacial score (nSPS) is 11.0. The first-order valence-corrected chi connectivity index (χ1v) is 2.71. The van der Waals surface area contributed by atoms with Gasteiger partial charge in [0.05, 0.1) is 0 Å². The van der Waals surface area contributed by atoms with Crippen LogP contribution in [-0.2, 0) is 9.59 Å². The molecule has 0 bridgehead atoms. The third kappa shape index (κ3) is 1.26. The minimum Gasteiger partial charge on any atom is -0.480 e. The Hall–Kier alpha value is -1.06. The van der Waals surface area contributed by atoms with Gasteiger partial charge in [-0.1, -0.05) is 6.92 Å². The van der Waals surface area contributed by atoms with Crippen LogP contribution in [0, 0.1) is 12.3 Å². The van der Waals surface area contributed by atoms with Crippen molar-refractivity contribution in [2.45, 2.75) is 13.3 Å². The van der Waals surface area contributed by atoms with Gasteiger partial charge in [0, 0.05) is 0 Å². The number of hydrogen-bond acceptors (Lipinski definition) is 2. The van der Waals surface area contributed by atoms with Crippen molar-refractivity contribution in [3.8, 4) is 0 Å². The molecule has 0 atom stereocenters. The highest BCUT2D eigenvalue weighted by Crippen LogP contribution is 2.20. The quantitative estimate of drug-likeness (QED) is 0.563. The van der Waals surface area contributed by atoms with Crippen molar-refractivity contribution in [1.29, 1.82) is 0 Å². The molecule has 4 nitrogen and oxygen atoms in total. The Bertz CT molecular complexity index is 147. The van der Waals surface area contributed by atoms with E-state index in [2.05, 4.69) is 6.92 Å². The summed E-state index contributed by atoms with van der Waals surface area (Å²) in [4.78, 5) is 20.5. The Balaban J connectivity index is 4.55. The maximum Gasteiger partial charge on any atom is 0.320 e. The molecule has 4 heteroatoms. The van der Waals surface area contributed by atoms with Crippen molar-refractivity contribution in [1.82, 2.24) is 0 Å². The second-order valence-corrected chi connectivity index (χ2v) is 2.19. The van der Waals surface area contributed by atoms with Gasteiger partial charge in [0.2, 0.25) is 0 Å². The van der Waals surface area contributed by atoms with Gasteiger partial charge in [-0.15, -0.1) is 0 Å². The van der Waals surface area contributed by atoms with Gasteiger partial charge in [0.25, 0.3) is 0 Å². The van der Waals surface area contributed by atoms with E-state index in [0.29, 0.717) is 0 Å². The highest BCUT2D eigenvalue weighted by atomic mass is 16.4. The third-order valence-electron chi connectivity index (χ3n) is 1.44. The zero-order valence-corrected chi connectivity index (χ0v) is 5.63. The average Bonchev–Trinajstić information content (AvgIpc) is 1.85. The molecule has 57 valence electrons. The largest absolute Gasteiger partial charge is 0.480 e. The van der Waals surface area contributed by atoms with Crippen molar-refractivity contribution < 1.29 is 19.8 Å². The SMILES string of the molecule is [CH2]CC(C)(C(=O)O)C(=O)O. The molecule has 0 saturated carbocycles. The number of hydrogen-bond donors (Lipinski definition) is 2. The summed E-state index contributed by atoms with van der Waals surface area (Å²) in [5, 5.41) is 16.8. The van der Waals surface area contributed by atoms with Gasteiger partial charge in [-0.25, -0.2) is 0 Å². The van der Waals surface area contributed by atoms with Crippen molar-refractivity contribution in [2.75, 3.05) is 0 Å². The molecule has 0 aliphatic heterocycles. The number of rotatable bonds is 3. The van der Waals surface area contributed by atoms with Crippen LogP contribution in [0.25, 0.3) is 0 Å². The van der Waals surface area contributed by atoms with Crippen LogP contribution in [0.1, 0.15) is 13.3 Å². The Morgan fingerprint density at radius 1 is 1.40 bits per heavy atom. The molecule has 0 aromatic carbocycles. The summed E-state index contributed by atoms with van der Waals surface area (Å²) in [7, 11) is 0. The minimum atomic E-state index is -1.74. The number of carbonyl (C=O) groups is 2. The first-order chi connectivity index (χ1) is 4.45. The molecule has 0 saturated heterocycles. The summed E-state index contributed by atoms with van der Waals surface area (Å²) in [6.45, 7) is 4.37. The monoisotopic (exact) mass is 145 g/mol. The van der Waals surface area contributed by atoms with Crippen LogP contribution in [0.3, 0.4) is 0 Å². The molecule has 0 aliphatic rings. The van der Waals surface area contributed by atoms with Crippen LogP contribution >= 0.6 is 0 Å². The molecule has 0 aromatic rings. The van der Waals surface area contributed by atoms with Crippen LogP contribution in [0.4, 0.5) is 0 Å². The fourth-order valence-corrected chi connectivity index (χ4v) is 0.305. The van der Waals surface area contributed by atoms with Crippen LogP contribution in [0.15, 0.2) is 0 Å². The van der Waals surface area contributed by atoms with Gasteiger partial charge in [-0.3, -0.25) is 9.59 Å². The second kappa shape index (κ2) is 2.68. The first-order valence-electron chi connectivity index (χ1n) is 2.71. The lowest BCUT2D eigenvalue weighted by Crippen LogP contribution is -2.35. The van der Waals surface area contributed by atoms with E-state index in [0.717, 1.165) is 6.92 Å². The molecule has 1 radical (unpaired) electrons. The third-order valence-corrected chi connectivity index (χ3v) is 1.44. The van der Waals surface area contributed by atoms with Gasteiger partial charge in [0.1, 0.15) is 0 Å². The molecule has 0 aromatic heterocycles. The first kappa shape index (κ1) is 8.94. The van der Waals surface area contributed by atoms with Crippen molar-refractivity contribution in [3.63, 3.8) is 0 Å². The molecular formula is C6H9O4. The Kier molecular flexibility index (Phi) is 2.40. The maximum atomic E-state index is 10.3. The zero-order valence-electron chi connectivity index (χ0n) is 5.63. The minimum absolute atomic E-state index is 0.155. The van der Waals surface area contributed by atoms with Crippen molar-refractivity contribution in [3.05, 3.63) is 6.92 Å². The Morgan fingerprint density at radius 3 is 1.70 bits per heavy atom. The molecule has 0 amide bonds. The Morgan fingerprint density at radius 2 is 1.70 bits per heavy atom. The lowest BCUT2D eigenvalue weighted by atomic mass is 9.88. The number of aliphatic carboxylic acids is 2. The van der Waals surface area contributed by atoms with Crippen LogP contribution in [-0.4, -0.2) is 22.2 Å². The molecule has 0 heterocycles. The summed E-state index contributed by atoms with van der Waals surface area (Å²) in [5.74, 6) is -2.70. The fraction of sp³-hybridized carbons (Fsp3) is 0.500. The highest BCUT2D eigenvalue weighted by Gasteiger charge is 2.39. The molecule has 2 N–H and O–H groups in total. The fourth-order valence-electron chi connectivity index (χ4n) is 0.305. The molecule has 0 rings (SSSR count). The highest BCUT2D eigenvalue weighted by molar-refractivity contribution is 5.97. The summed E-state index contributed by atoms with van der Waals surface area (Å²) in [6, 6.07) is 0.